The molecule has 0 aromatic carbocycles. The first-order chi connectivity index (χ1) is 10.1. The Morgan fingerprint density at radius 1 is 1.05 bits per heavy atom. The number of aliphatic hydroxyl groups excluding tert-OH is 1. The normalized spacial score (nSPS) is 47.6. The van der Waals surface area contributed by atoms with Crippen molar-refractivity contribution in [1.29, 1.82) is 0 Å². The summed E-state index contributed by atoms with van der Waals surface area (Å²) < 4.78 is 0. The molecular formula is C18H31NO2. The number of fused-ring (bicyclic) bond motifs is 1. The molecule has 120 valence electrons. The average molecular weight is 293 g/mol. The molecule has 0 spiro atoms. The predicted molar refractivity (Wildman–Crippen MR) is 84.9 cm³/mol. The maximum absolute atomic E-state index is 10.9. The lowest BCUT2D eigenvalue weighted by atomic mass is 9.62. The van der Waals surface area contributed by atoms with Gasteiger partial charge in [0.2, 0.25) is 0 Å². The Kier molecular flexibility index (Phi) is 4.68. The molecule has 3 saturated carbocycles. The summed E-state index contributed by atoms with van der Waals surface area (Å²) in [4.78, 5) is 10.9. The molecule has 0 radical (unpaired) electrons. The van der Waals surface area contributed by atoms with Gasteiger partial charge in [0.05, 0.1) is 6.04 Å². The van der Waals surface area contributed by atoms with E-state index in [2.05, 4.69) is 12.1 Å². The number of rotatable bonds is 3. The van der Waals surface area contributed by atoms with Gasteiger partial charge in [0.15, 0.2) is 0 Å². The Labute approximate surface area is 128 Å². The second-order valence-electron chi connectivity index (χ2n) is 8.39. The SMILES string of the molecule is C[C@@]12CCCC1CC([C@@H]1CC[C@H](N=O)C[C@H](CO)C1)CC2. The van der Waals surface area contributed by atoms with E-state index in [1.165, 1.54) is 38.5 Å². The first-order valence-electron chi connectivity index (χ1n) is 9.08. The van der Waals surface area contributed by atoms with Crippen molar-refractivity contribution in [1.82, 2.24) is 0 Å². The molecule has 0 aromatic heterocycles. The van der Waals surface area contributed by atoms with Crippen LogP contribution in [0.25, 0.3) is 0 Å². The van der Waals surface area contributed by atoms with Gasteiger partial charge in [0.1, 0.15) is 0 Å². The number of hydrogen-bond acceptors (Lipinski definition) is 3. The van der Waals surface area contributed by atoms with Crippen molar-refractivity contribution in [2.24, 2.45) is 34.3 Å². The number of nitrogens with zero attached hydrogens (tertiary/aromatic N) is 1. The van der Waals surface area contributed by atoms with Crippen molar-refractivity contribution in [3.63, 3.8) is 0 Å². The summed E-state index contributed by atoms with van der Waals surface area (Å²) in [6.45, 7) is 2.74. The van der Waals surface area contributed by atoms with Crippen LogP contribution in [0, 0.1) is 34.0 Å². The molecule has 2 unspecified atom stereocenters. The van der Waals surface area contributed by atoms with E-state index in [0.29, 0.717) is 11.3 Å². The zero-order valence-electron chi connectivity index (χ0n) is 13.5. The molecule has 0 heterocycles. The molecule has 3 heteroatoms. The van der Waals surface area contributed by atoms with E-state index in [1.807, 2.05) is 0 Å². The molecule has 3 nitrogen and oxygen atoms in total. The Morgan fingerprint density at radius 3 is 2.62 bits per heavy atom. The van der Waals surface area contributed by atoms with Crippen LogP contribution in [-0.4, -0.2) is 17.8 Å². The summed E-state index contributed by atoms with van der Waals surface area (Å²) in [6.07, 6.45) is 12.5. The summed E-state index contributed by atoms with van der Waals surface area (Å²) >= 11 is 0. The Hall–Kier alpha value is -0.440. The third-order valence-corrected chi connectivity index (χ3v) is 7.15. The highest BCUT2D eigenvalue weighted by molar-refractivity contribution is 4.95. The summed E-state index contributed by atoms with van der Waals surface area (Å²) in [5.41, 5.74) is 0.629. The lowest BCUT2D eigenvalue weighted by Gasteiger charge is -2.43. The number of aliphatic hydroxyl groups is 1. The first kappa shape index (κ1) is 15.5. The van der Waals surface area contributed by atoms with Crippen LogP contribution in [0.4, 0.5) is 0 Å². The van der Waals surface area contributed by atoms with Crippen LogP contribution in [0.15, 0.2) is 5.18 Å². The summed E-state index contributed by atoms with van der Waals surface area (Å²) in [6, 6.07) is -0.0486. The zero-order chi connectivity index (χ0) is 14.9. The van der Waals surface area contributed by atoms with Crippen molar-refractivity contribution in [3.8, 4) is 0 Å². The molecule has 21 heavy (non-hydrogen) atoms. The predicted octanol–water partition coefficient (Wildman–Crippen LogP) is 4.53. The van der Waals surface area contributed by atoms with Gasteiger partial charge in [-0.3, -0.25) is 0 Å². The second kappa shape index (κ2) is 6.36. The van der Waals surface area contributed by atoms with E-state index in [-0.39, 0.29) is 12.6 Å². The smallest absolute Gasteiger partial charge is 0.0923 e. The fraction of sp³-hybridized carbons (Fsp3) is 1.00. The molecule has 0 saturated heterocycles. The van der Waals surface area contributed by atoms with Crippen molar-refractivity contribution < 1.29 is 5.11 Å². The van der Waals surface area contributed by atoms with Gasteiger partial charge in [0.25, 0.3) is 0 Å². The highest BCUT2D eigenvalue weighted by Gasteiger charge is 2.44. The quantitative estimate of drug-likeness (QED) is 0.614. The van der Waals surface area contributed by atoms with Crippen LogP contribution in [0.1, 0.15) is 71.1 Å². The van der Waals surface area contributed by atoms with Crippen LogP contribution in [-0.2, 0) is 0 Å². The van der Waals surface area contributed by atoms with Gasteiger partial charge in [-0.15, -0.1) is 0 Å². The van der Waals surface area contributed by atoms with Gasteiger partial charge in [-0.05, 0) is 86.9 Å². The third kappa shape index (κ3) is 3.18. The van der Waals surface area contributed by atoms with Crippen molar-refractivity contribution in [3.05, 3.63) is 4.91 Å². The van der Waals surface area contributed by atoms with E-state index in [1.54, 1.807) is 0 Å². The van der Waals surface area contributed by atoms with E-state index in [0.717, 1.165) is 43.4 Å². The topological polar surface area (TPSA) is 49.7 Å². The van der Waals surface area contributed by atoms with Gasteiger partial charge in [-0.2, -0.15) is 4.91 Å². The molecule has 0 amide bonds. The molecule has 1 N–H and O–H groups in total. The van der Waals surface area contributed by atoms with Crippen molar-refractivity contribution in [2.45, 2.75) is 77.2 Å². The van der Waals surface area contributed by atoms with Gasteiger partial charge in [-0.25, -0.2) is 0 Å². The molecule has 3 aliphatic carbocycles. The summed E-state index contributed by atoms with van der Waals surface area (Å²) in [5, 5.41) is 12.9. The lowest BCUT2D eigenvalue weighted by molar-refractivity contribution is 0.0697. The molecule has 0 bridgehead atoms. The van der Waals surface area contributed by atoms with E-state index in [4.69, 9.17) is 0 Å². The van der Waals surface area contributed by atoms with Crippen molar-refractivity contribution in [2.75, 3.05) is 6.61 Å². The second-order valence-corrected chi connectivity index (χ2v) is 8.39. The summed E-state index contributed by atoms with van der Waals surface area (Å²) in [7, 11) is 0. The molecule has 6 atom stereocenters. The maximum atomic E-state index is 10.9. The van der Waals surface area contributed by atoms with Crippen LogP contribution in [0.3, 0.4) is 0 Å². The molecule has 0 aromatic rings. The van der Waals surface area contributed by atoms with Crippen molar-refractivity contribution >= 4 is 0 Å². The Balaban J connectivity index is 1.64. The first-order valence-corrected chi connectivity index (χ1v) is 9.08. The van der Waals surface area contributed by atoms with Gasteiger partial charge >= 0.3 is 0 Å². The van der Waals surface area contributed by atoms with E-state index >= 15 is 0 Å². The summed E-state index contributed by atoms with van der Waals surface area (Å²) in [5.74, 6) is 2.80. The monoisotopic (exact) mass is 293 g/mol. The lowest BCUT2D eigenvalue weighted by Crippen LogP contribution is -2.33. The highest BCUT2D eigenvalue weighted by atomic mass is 16.3. The third-order valence-electron chi connectivity index (χ3n) is 7.15. The molecule has 0 aliphatic heterocycles. The van der Waals surface area contributed by atoms with Crippen LogP contribution in [0.2, 0.25) is 0 Å². The standard InChI is InChI=1S/C18H31NO2/c1-18-7-2-3-16(18)11-15(6-8-18)14-4-5-17(19-21)10-13(9-14)12-20/h13-17,20H,2-12H2,1H3/t13-,14-,15?,16?,17+,18+/m1/s1. The molecular weight excluding hydrogens is 262 g/mol. The minimum Gasteiger partial charge on any atom is -0.396 e. The van der Waals surface area contributed by atoms with Crippen LogP contribution >= 0.6 is 0 Å². The zero-order valence-corrected chi connectivity index (χ0v) is 13.5. The van der Waals surface area contributed by atoms with Gasteiger partial charge in [0, 0.05) is 6.61 Å². The van der Waals surface area contributed by atoms with Crippen LogP contribution in [0.5, 0.6) is 0 Å². The van der Waals surface area contributed by atoms with E-state index in [9.17, 15) is 10.0 Å². The van der Waals surface area contributed by atoms with Crippen LogP contribution < -0.4 is 0 Å². The maximum Gasteiger partial charge on any atom is 0.0923 e. The Bertz CT molecular complexity index is 372. The average Bonchev–Trinajstić information content (AvgIpc) is 2.75. The number of nitroso groups, excluding NO2 is 1. The minimum atomic E-state index is -0.0486. The van der Waals surface area contributed by atoms with E-state index < -0.39 is 0 Å². The molecule has 3 rings (SSSR count). The fourth-order valence-corrected chi connectivity index (χ4v) is 5.69. The van der Waals surface area contributed by atoms with Gasteiger partial charge in [-0.1, -0.05) is 18.5 Å². The fourth-order valence-electron chi connectivity index (χ4n) is 5.69. The number of hydrogen-bond donors (Lipinski definition) is 1. The van der Waals surface area contributed by atoms with Gasteiger partial charge < -0.3 is 5.11 Å². The minimum absolute atomic E-state index is 0.0486. The largest absolute Gasteiger partial charge is 0.396 e. The highest BCUT2D eigenvalue weighted by Crippen LogP contribution is 2.55. The molecule has 3 fully saturated rings. The molecule has 3 aliphatic rings. The Morgan fingerprint density at radius 2 is 1.86 bits per heavy atom.